The van der Waals surface area contributed by atoms with Crippen molar-refractivity contribution in [2.24, 2.45) is 0 Å². The van der Waals surface area contributed by atoms with Crippen LogP contribution < -0.4 is 0 Å². The molecule has 130 heavy (non-hydrogen) atoms. The number of benzene rings is 16. The van der Waals surface area contributed by atoms with Crippen molar-refractivity contribution < 1.29 is 0 Å². The molecule has 0 spiro atoms. The molecule has 0 radical (unpaired) electrons. The highest BCUT2D eigenvalue weighted by molar-refractivity contribution is 6.18. The third-order valence-electron chi connectivity index (χ3n) is 24.1. The molecule has 9 aromatic heterocycles. The Bertz CT molecular complexity index is 7930. The second kappa shape index (κ2) is 33.6. The smallest absolute Gasteiger partial charge is 0.182 e. The van der Waals surface area contributed by atoms with Gasteiger partial charge < -0.3 is 0 Å². The standard InChI is InChI=1S/C42H26N4.C41H25N5.C33H21N5/c1-3-13-31-27(10-1)22-37(35-17-7-5-15-33(31)35)40-24-41(38-23-28-11-2-4-14-32(28)34-16-6-8-18-36(34)38)46-42(45-40)39-20-19-30(26-44-39)29-12-9-21-43-25-29;1-3-13-30-26(10-1)22-36(34-17-7-5-15-32(30)34)39-44-40(37-23-27-11-2-4-14-31(27)33-16-6-8-18-35(33)37)46-41(45-39)38-20-19-29(25-43-38)28-12-9-21-42-24-28;1-3-8-24-18-26(13-11-22(24)6-1)31-36-32(27-14-12-23-7-2-4-9-25(23)19-27)38-33(37-31)30-16-15-29(21-35-30)28-10-5-17-34-20-28/h1-26H;1-25H;1-21H. The lowest BCUT2D eigenvalue weighted by Crippen LogP contribution is -2.02. The van der Waals surface area contributed by atoms with E-state index >= 15 is 0 Å². The number of hydrogen-bond acceptors (Lipinski definition) is 14. The summed E-state index contributed by atoms with van der Waals surface area (Å²) < 4.78 is 0. The molecule has 0 aliphatic rings. The SMILES string of the molecule is c1cncc(-c2ccc(-c3nc(-c4cc5ccccc5c5ccccc45)cc(-c4cc5ccccc5c5ccccc45)n3)nc2)c1.c1cncc(-c2ccc(-c3nc(-c4cc5ccccc5c5ccccc45)nc(-c4cc5ccccc5c5ccccc45)n3)nc2)c1.c1cncc(-c2ccc(-c3nc(-c4ccc5ccccc5c4)nc(-c4ccc5ccccc5c4)n3)nc2)c1. The van der Waals surface area contributed by atoms with Gasteiger partial charge in [0.1, 0.15) is 17.1 Å². The highest BCUT2D eigenvalue weighted by Gasteiger charge is 2.23. The summed E-state index contributed by atoms with van der Waals surface area (Å²) in [6, 6.07) is 132. The average molecular weight is 1660 g/mol. The maximum absolute atomic E-state index is 5.22. The van der Waals surface area contributed by atoms with Crippen molar-refractivity contribution in [3.05, 3.63) is 438 Å². The molecule has 0 amide bonds. The minimum absolute atomic E-state index is 0.521. The van der Waals surface area contributed by atoms with E-state index in [0.29, 0.717) is 57.9 Å². The van der Waals surface area contributed by atoms with Crippen LogP contribution in [-0.4, -0.2) is 69.8 Å². The number of hydrogen-bond donors (Lipinski definition) is 0. The Morgan fingerprint density at radius 3 is 0.708 bits per heavy atom. The van der Waals surface area contributed by atoms with Crippen molar-refractivity contribution in [2.45, 2.75) is 0 Å². The molecule has 0 saturated heterocycles. The number of fused-ring (bicyclic) bond motifs is 14. The average Bonchev–Trinajstić information content (AvgIpc) is 0.750. The zero-order valence-electron chi connectivity index (χ0n) is 69.8. The largest absolute Gasteiger partial charge is 0.264 e. The predicted molar refractivity (Wildman–Crippen MR) is 529 cm³/mol. The van der Waals surface area contributed by atoms with Crippen LogP contribution in [0.15, 0.2) is 438 Å². The topological polar surface area (TPSA) is 180 Å². The molecule has 16 aromatic carbocycles. The zero-order chi connectivity index (χ0) is 86.2. The van der Waals surface area contributed by atoms with E-state index in [1.807, 2.05) is 128 Å². The molecule has 9 heterocycles. The molecule has 14 nitrogen and oxygen atoms in total. The Balaban J connectivity index is 0.000000112. The first-order chi connectivity index (χ1) is 64.4. The molecule has 606 valence electrons. The molecule has 0 fully saturated rings. The van der Waals surface area contributed by atoms with Crippen LogP contribution in [0.3, 0.4) is 0 Å². The van der Waals surface area contributed by atoms with Crippen LogP contribution >= 0.6 is 0 Å². The van der Waals surface area contributed by atoms with Crippen molar-refractivity contribution in [3.63, 3.8) is 0 Å². The Hall–Kier alpha value is -17.9. The van der Waals surface area contributed by atoms with Crippen LogP contribution in [0.1, 0.15) is 0 Å². The van der Waals surface area contributed by atoms with Crippen LogP contribution in [0.5, 0.6) is 0 Å². The van der Waals surface area contributed by atoms with E-state index in [9.17, 15) is 0 Å². The number of nitrogens with zero attached hydrogens (tertiary/aromatic N) is 14. The lowest BCUT2D eigenvalue weighted by Gasteiger charge is -2.15. The molecule has 0 saturated carbocycles. The molecular formula is C116H72N14. The van der Waals surface area contributed by atoms with Gasteiger partial charge in [-0.2, -0.15) is 0 Å². The van der Waals surface area contributed by atoms with Crippen LogP contribution in [0.25, 0.3) is 244 Å². The van der Waals surface area contributed by atoms with Crippen molar-refractivity contribution in [1.82, 2.24) is 69.8 Å². The normalized spacial score (nSPS) is 11.4. The van der Waals surface area contributed by atoms with Gasteiger partial charge in [0.15, 0.2) is 40.8 Å². The molecule has 0 atom stereocenters. The van der Waals surface area contributed by atoms with E-state index in [-0.39, 0.29) is 0 Å². The maximum Gasteiger partial charge on any atom is 0.182 e. The lowest BCUT2D eigenvalue weighted by molar-refractivity contribution is 1.06. The highest BCUT2D eigenvalue weighted by atomic mass is 15.1. The molecule has 0 N–H and O–H groups in total. The molecule has 0 aliphatic heterocycles. The van der Waals surface area contributed by atoms with Crippen molar-refractivity contribution in [2.75, 3.05) is 0 Å². The first kappa shape index (κ1) is 77.0. The summed E-state index contributed by atoms with van der Waals surface area (Å²) in [5.74, 6) is 4.08. The van der Waals surface area contributed by atoms with Gasteiger partial charge in [-0.05, 0) is 187 Å². The Kier molecular flexibility index (Phi) is 19.9. The molecule has 0 aliphatic carbocycles. The predicted octanol–water partition coefficient (Wildman–Crippen LogP) is 28.1. The summed E-state index contributed by atoms with van der Waals surface area (Å²) in [5, 5.41) is 23.3. The van der Waals surface area contributed by atoms with Gasteiger partial charge in [-0.3, -0.25) is 29.9 Å². The molecule has 25 aromatic rings. The minimum Gasteiger partial charge on any atom is -0.264 e. The van der Waals surface area contributed by atoms with E-state index < -0.39 is 0 Å². The van der Waals surface area contributed by atoms with Crippen LogP contribution in [0, 0.1) is 0 Å². The third kappa shape index (κ3) is 15.0. The zero-order valence-corrected chi connectivity index (χ0v) is 69.8. The van der Waals surface area contributed by atoms with Gasteiger partial charge in [-0.15, -0.1) is 0 Å². The summed E-state index contributed by atoms with van der Waals surface area (Å²) in [7, 11) is 0. The molecule has 0 unspecified atom stereocenters. The monoisotopic (exact) mass is 1660 g/mol. The summed E-state index contributed by atoms with van der Waals surface area (Å²) in [6.07, 6.45) is 16.4. The molecule has 0 bridgehead atoms. The summed E-state index contributed by atoms with van der Waals surface area (Å²) >= 11 is 0. The van der Waals surface area contributed by atoms with Crippen LogP contribution in [0.2, 0.25) is 0 Å². The summed E-state index contributed by atoms with van der Waals surface area (Å²) in [4.78, 5) is 67.7. The fourth-order valence-electron chi connectivity index (χ4n) is 17.7. The van der Waals surface area contributed by atoms with Crippen LogP contribution in [-0.2, 0) is 0 Å². The summed E-state index contributed by atoms with van der Waals surface area (Å²) in [6.45, 7) is 0. The van der Waals surface area contributed by atoms with E-state index in [4.69, 9.17) is 54.8 Å². The quantitative estimate of drug-likeness (QED) is 0.105. The first-order valence-corrected chi connectivity index (χ1v) is 43.0. The fraction of sp³-hybridized carbons (Fsp3) is 0. The second-order valence-electron chi connectivity index (χ2n) is 32.0. The molecule has 25 rings (SSSR count). The van der Waals surface area contributed by atoms with E-state index in [1.54, 1.807) is 18.6 Å². The van der Waals surface area contributed by atoms with E-state index in [1.165, 1.54) is 53.9 Å². The van der Waals surface area contributed by atoms with Gasteiger partial charge in [0.25, 0.3) is 0 Å². The van der Waals surface area contributed by atoms with Gasteiger partial charge in [0.2, 0.25) is 0 Å². The van der Waals surface area contributed by atoms with Crippen molar-refractivity contribution >= 4 is 108 Å². The number of pyridine rings is 6. The lowest BCUT2D eigenvalue weighted by atomic mass is 9.93. The molecular weight excluding hydrogens is 1590 g/mol. The van der Waals surface area contributed by atoms with Crippen LogP contribution in [0.4, 0.5) is 0 Å². The first-order valence-electron chi connectivity index (χ1n) is 43.0. The van der Waals surface area contributed by atoms with Crippen molar-refractivity contribution in [1.29, 1.82) is 0 Å². The third-order valence-corrected chi connectivity index (χ3v) is 24.1. The van der Waals surface area contributed by atoms with Gasteiger partial charge >= 0.3 is 0 Å². The number of aromatic nitrogens is 14. The Morgan fingerprint density at radius 1 is 0.131 bits per heavy atom. The van der Waals surface area contributed by atoms with E-state index in [0.717, 1.165) is 132 Å². The highest BCUT2D eigenvalue weighted by Crippen LogP contribution is 2.43. The Morgan fingerprint density at radius 2 is 0.385 bits per heavy atom. The maximum atomic E-state index is 5.22. The van der Waals surface area contributed by atoms with Crippen molar-refractivity contribution in [3.8, 4) is 136 Å². The number of rotatable bonds is 12. The van der Waals surface area contributed by atoms with Gasteiger partial charge in [0.05, 0.1) is 11.4 Å². The minimum atomic E-state index is 0.521. The van der Waals surface area contributed by atoms with Gasteiger partial charge in [-0.1, -0.05) is 303 Å². The second-order valence-corrected chi connectivity index (χ2v) is 32.0. The van der Waals surface area contributed by atoms with Gasteiger partial charge in [-0.25, -0.2) is 39.9 Å². The fourth-order valence-corrected chi connectivity index (χ4v) is 17.7. The molecule has 14 heteroatoms. The van der Waals surface area contributed by atoms with E-state index in [2.05, 4.69) is 306 Å². The summed E-state index contributed by atoms with van der Waals surface area (Å²) in [5.41, 5.74) is 15.7. The Labute approximate surface area is 746 Å². The van der Waals surface area contributed by atoms with Gasteiger partial charge in [0, 0.05) is 123 Å².